The number of rotatable bonds is 8. The molecule has 0 bridgehead atoms. The van der Waals surface area contributed by atoms with Gasteiger partial charge in [0.15, 0.2) is 23.2 Å². The van der Waals surface area contributed by atoms with E-state index in [1.54, 1.807) is 22.7 Å². The van der Waals surface area contributed by atoms with E-state index < -0.39 is 24.5 Å². The second-order valence-electron chi connectivity index (χ2n) is 7.01. The third kappa shape index (κ3) is 4.23. The van der Waals surface area contributed by atoms with Gasteiger partial charge in [-0.2, -0.15) is 11.8 Å². The van der Waals surface area contributed by atoms with Crippen molar-refractivity contribution < 1.29 is 14.9 Å². The predicted molar refractivity (Wildman–Crippen MR) is 113 cm³/mol. The molecule has 8 nitrogen and oxygen atoms in total. The van der Waals surface area contributed by atoms with Crippen molar-refractivity contribution in [3.63, 3.8) is 0 Å². The molecule has 0 amide bonds. The van der Waals surface area contributed by atoms with Crippen LogP contribution in [0.3, 0.4) is 0 Å². The van der Waals surface area contributed by atoms with Crippen molar-refractivity contribution in [1.82, 2.24) is 19.5 Å². The number of ether oxygens (including phenoxy) is 1. The number of benzene rings is 1. The second kappa shape index (κ2) is 9.08. The summed E-state index contributed by atoms with van der Waals surface area (Å²) in [5.74, 6) is 2.24. The number of hydrogen-bond acceptors (Lipinski definition) is 8. The van der Waals surface area contributed by atoms with E-state index in [0.717, 1.165) is 17.7 Å². The molecule has 1 saturated heterocycles. The first-order chi connectivity index (χ1) is 14.2. The number of nitrogens with one attached hydrogen (secondary N) is 1. The van der Waals surface area contributed by atoms with Crippen molar-refractivity contribution in [2.75, 3.05) is 16.8 Å². The molecule has 1 aromatic carbocycles. The van der Waals surface area contributed by atoms with Crippen LogP contribution in [-0.4, -0.2) is 59.5 Å². The van der Waals surface area contributed by atoms with Gasteiger partial charge in [-0.15, -0.1) is 0 Å². The topological polar surface area (TPSA) is 105 Å². The fourth-order valence-electron chi connectivity index (χ4n) is 3.39. The SMILES string of the molecule is CCCSCC1OC(n2cnc3c(NCc4ccccc4)ncnc32)C(O)C1O. The van der Waals surface area contributed by atoms with E-state index >= 15 is 0 Å². The van der Waals surface area contributed by atoms with Gasteiger partial charge in [0.1, 0.15) is 18.5 Å². The van der Waals surface area contributed by atoms with E-state index in [2.05, 4.69) is 27.2 Å². The van der Waals surface area contributed by atoms with Gasteiger partial charge in [0, 0.05) is 12.3 Å². The molecule has 2 aromatic heterocycles. The van der Waals surface area contributed by atoms with E-state index in [4.69, 9.17) is 4.74 Å². The molecule has 1 fully saturated rings. The Kier molecular flexibility index (Phi) is 6.29. The lowest BCUT2D eigenvalue weighted by Gasteiger charge is -2.16. The van der Waals surface area contributed by atoms with E-state index in [1.165, 1.54) is 6.33 Å². The molecule has 4 atom stereocenters. The summed E-state index contributed by atoms with van der Waals surface area (Å²) < 4.78 is 7.65. The highest BCUT2D eigenvalue weighted by atomic mass is 32.2. The number of aliphatic hydroxyl groups excluding tert-OH is 2. The van der Waals surface area contributed by atoms with Crippen molar-refractivity contribution >= 4 is 28.7 Å². The Bertz CT molecular complexity index is 938. The van der Waals surface area contributed by atoms with E-state index in [1.807, 2.05) is 30.3 Å². The molecule has 3 N–H and O–H groups in total. The summed E-state index contributed by atoms with van der Waals surface area (Å²) in [6.45, 7) is 2.72. The van der Waals surface area contributed by atoms with Gasteiger partial charge >= 0.3 is 0 Å². The smallest absolute Gasteiger partial charge is 0.167 e. The first kappa shape index (κ1) is 20.1. The minimum absolute atomic E-state index is 0.429. The number of nitrogens with zero attached hydrogens (tertiary/aromatic N) is 4. The molecular formula is C20H25N5O3S. The number of imidazole rings is 1. The summed E-state index contributed by atoms with van der Waals surface area (Å²) in [7, 11) is 0. The average molecular weight is 416 g/mol. The lowest BCUT2D eigenvalue weighted by molar-refractivity contribution is -0.0289. The fourth-order valence-corrected chi connectivity index (χ4v) is 4.35. The largest absolute Gasteiger partial charge is 0.387 e. The Balaban J connectivity index is 1.53. The molecule has 3 heterocycles. The second-order valence-corrected chi connectivity index (χ2v) is 8.16. The van der Waals surface area contributed by atoms with Gasteiger partial charge in [-0.25, -0.2) is 15.0 Å². The molecular weight excluding hydrogens is 390 g/mol. The lowest BCUT2D eigenvalue weighted by atomic mass is 10.1. The Morgan fingerprint density at radius 3 is 2.76 bits per heavy atom. The maximum atomic E-state index is 10.5. The molecule has 0 radical (unpaired) electrons. The highest BCUT2D eigenvalue weighted by Crippen LogP contribution is 2.33. The van der Waals surface area contributed by atoms with Gasteiger partial charge in [0.2, 0.25) is 0 Å². The van der Waals surface area contributed by atoms with E-state index in [-0.39, 0.29) is 0 Å². The number of hydrogen-bond donors (Lipinski definition) is 3. The molecule has 9 heteroatoms. The van der Waals surface area contributed by atoms with Crippen LogP contribution in [0.1, 0.15) is 25.1 Å². The van der Waals surface area contributed by atoms with Crippen LogP contribution in [0.15, 0.2) is 43.0 Å². The third-order valence-electron chi connectivity index (χ3n) is 4.90. The predicted octanol–water partition coefficient (Wildman–Crippen LogP) is 2.20. The highest BCUT2D eigenvalue weighted by molar-refractivity contribution is 7.99. The number of thioether (sulfide) groups is 1. The van der Waals surface area contributed by atoms with Crippen LogP contribution in [-0.2, 0) is 11.3 Å². The van der Waals surface area contributed by atoms with Crippen LogP contribution >= 0.6 is 11.8 Å². The molecule has 3 aromatic rings. The van der Waals surface area contributed by atoms with Crippen LogP contribution in [0.25, 0.3) is 11.2 Å². The normalized spacial score (nSPS) is 24.2. The molecule has 29 heavy (non-hydrogen) atoms. The molecule has 4 unspecified atom stereocenters. The summed E-state index contributed by atoms with van der Waals surface area (Å²) in [6.07, 6.45) is 0.937. The van der Waals surface area contributed by atoms with Gasteiger partial charge in [-0.3, -0.25) is 4.57 Å². The van der Waals surface area contributed by atoms with Gasteiger partial charge in [0.25, 0.3) is 0 Å². The van der Waals surface area contributed by atoms with Gasteiger partial charge in [-0.1, -0.05) is 37.3 Å². The minimum atomic E-state index is -1.05. The van der Waals surface area contributed by atoms with Crippen LogP contribution in [0, 0.1) is 0 Å². The molecule has 1 aliphatic rings. The Morgan fingerprint density at radius 1 is 1.14 bits per heavy atom. The first-order valence-corrected chi connectivity index (χ1v) is 10.9. The van der Waals surface area contributed by atoms with E-state index in [9.17, 15) is 10.2 Å². The monoisotopic (exact) mass is 415 g/mol. The molecule has 0 spiro atoms. The summed E-state index contributed by atoms with van der Waals surface area (Å²) >= 11 is 1.71. The Morgan fingerprint density at radius 2 is 1.97 bits per heavy atom. The average Bonchev–Trinajstić information content (AvgIpc) is 3.30. The summed E-state index contributed by atoms with van der Waals surface area (Å²) in [5.41, 5.74) is 2.27. The zero-order chi connectivity index (χ0) is 20.2. The van der Waals surface area contributed by atoms with Crippen molar-refractivity contribution in [2.45, 2.75) is 44.4 Å². The van der Waals surface area contributed by atoms with Crippen LogP contribution in [0.5, 0.6) is 0 Å². The van der Waals surface area contributed by atoms with Crippen LogP contribution in [0.4, 0.5) is 5.82 Å². The summed E-state index contributed by atoms with van der Waals surface area (Å²) in [6, 6.07) is 10.0. The zero-order valence-corrected chi connectivity index (χ0v) is 17.0. The maximum absolute atomic E-state index is 10.5. The quantitative estimate of drug-likeness (QED) is 0.481. The molecule has 4 rings (SSSR count). The van der Waals surface area contributed by atoms with Crippen molar-refractivity contribution in [2.24, 2.45) is 0 Å². The zero-order valence-electron chi connectivity index (χ0n) is 16.2. The van der Waals surface area contributed by atoms with Crippen LogP contribution in [0.2, 0.25) is 0 Å². The van der Waals surface area contributed by atoms with Crippen molar-refractivity contribution in [3.05, 3.63) is 48.5 Å². The lowest BCUT2D eigenvalue weighted by Crippen LogP contribution is -2.32. The van der Waals surface area contributed by atoms with E-state index in [0.29, 0.717) is 29.3 Å². The van der Waals surface area contributed by atoms with Crippen LogP contribution < -0.4 is 5.32 Å². The van der Waals surface area contributed by atoms with Gasteiger partial charge < -0.3 is 20.3 Å². The molecule has 0 aliphatic carbocycles. The first-order valence-electron chi connectivity index (χ1n) is 9.73. The molecule has 154 valence electrons. The molecule has 0 saturated carbocycles. The number of aromatic nitrogens is 4. The number of anilines is 1. The maximum Gasteiger partial charge on any atom is 0.167 e. The van der Waals surface area contributed by atoms with Gasteiger partial charge in [-0.05, 0) is 17.7 Å². The Hall–Kier alpha value is -2.20. The minimum Gasteiger partial charge on any atom is -0.387 e. The standard InChI is InChI=1S/C20H25N5O3S/c1-2-8-29-10-14-16(26)17(27)20(28-14)25-12-24-15-18(22-11-23-19(15)25)21-9-13-6-4-3-5-7-13/h3-7,11-12,14,16-17,20,26-27H,2,8-10H2,1H3,(H,21,22,23). The fraction of sp³-hybridized carbons (Fsp3) is 0.450. The highest BCUT2D eigenvalue weighted by Gasteiger charge is 2.44. The molecule has 1 aliphatic heterocycles. The van der Waals surface area contributed by atoms with Crippen molar-refractivity contribution in [1.29, 1.82) is 0 Å². The Labute approximate surface area is 173 Å². The number of aliphatic hydroxyl groups is 2. The van der Waals surface area contributed by atoms with Crippen molar-refractivity contribution in [3.8, 4) is 0 Å². The third-order valence-corrected chi connectivity index (χ3v) is 6.16. The summed E-state index contributed by atoms with van der Waals surface area (Å²) in [5, 5.41) is 24.2. The number of fused-ring (bicyclic) bond motifs is 1. The summed E-state index contributed by atoms with van der Waals surface area (Å²) in [4.78, 5) is 13.1. The van der Waals surface area contributed by atoms with Gasteiger partial charge in [0.05, 0.1) is 12.4 Å².